The molecule has 2 aliphatic carbocycles. The second-order valence-electron chi connectivity index (χ2n) is 5.84. The van der Waals surface area contributed by atoms with Crippen LogP contribution in [0.5, 0.6) is 0 Å². The van der Waals surface area contributed by atoms with E-state index in [-0.39, 0.29) is 6.10 Å². The average Bonchev–Trinajstić information content (AvgIpc) is 2.63. The van der Waals surface area contributed by atoms with Crippen LogP contribution in [0.25, 0.3) is 0 Å². The summed E-state index contributed by atoms with van der Waals surface area (Å²) in [7, 11) is 0. The standard InChI is InChI=1S/C14H27NO/c1-3-11-8-9-12(10(11)2)15-13-6-4-5-7-14(13)16/h10-16H,3-9H2,1-2H3/t10?,11?,12?,13-,14-/m1/s1. The second kappa shape index (κ2) is 5.50. The van der Waals surface area contributed by atoms with Crippen LogP contribution in [0.15, 0.2) is 0 Å². The Kier molecular flexibility index (Phi) is 4.26. The first-order valence-corrected chi connectivity index (χ1v) is 7.16. The van der Waals surface area contributed by atoms with Crippen molar-refractivity contribution in [3.63, 3.8) is 0 Å². The number of rotatable bonds is 3. The Morgan fingerprint density at radius 3 is 2.44 bits per heavy atom. The molecular weight excluding hydrogens is 198 g/mol. The van der Waals surface area contributed by atoms with Gasteiger partial charge in [0.2, 0.25) is 0 Å². The molecule has 2 nitrogen and oxygen atoms in total. The molecule has 3 unspecified atom stereocenters. The normalized spacial score (nSPS) is 44.8. The molecule has 0 amide bonds. The van der Waals surface area contributed by atoms with Crippen molar-refractivity contribution in [2.75, 3.05) is 0 Å². The summed E-state index contributed by atoms with van der Waals surface area (Å²) in [6, 6.07) is 1.03. The van der Waals surface area contributed by atoms with Crippen LogP contribution in [-0.4, -0.2) is 23.3 Å². The van der Waals surface area contributed by atoms with Gasteiger partial charge in [0.15, 0.2) is 0 Å². The van der Waals surface area contributed by atoms with Gasteiger partial charge in [-0.15, -0.1) is 0 Å². The average molecular weight is 225 g/mol. The lowest BCUT2D eigenvalue weighted by molar-refractivity contribution is 0.0812. The molecule has 0 aromatic rings. The van der Waals surface area contributed by atoms with Crippen LogP contribution in [0, 0.1) is 11.8 Å². The van der Waals surface area contributed by atoms with Crippen molar-refractivity contribution >= 4 is 0 Å². The first-order valence-electron chi connectivity index (χ1n) is 7.16. The van der Waals surface area contributed by atoms with E-state index in [1.165, 1.54) is 38.5 Å². The maximum Gasteiger partial charge on any atom is 0.0693 e. The molecule has 2 heteroatoms. The summed E-state index contributed by atoms with van der Waals surface area (Å²) in [6.07, 6.45) is 8.55. The molecule has 94 valence electrons. The highest BCUT2D eigenvalue weighted by Crippen LogP contribution is 2.34. The van der Waals surface area contributed by atoms with Gasteiger partial charge in [-0.05, 0) is 37.5 Å². The maximum absolute atomic E-state index is 9.98. The van der Waals surface area contributed by atoms with Crippen LogP contribution in [0.3, 0.4) is 0 Å². The van der Waals surface area contributed by atoms with E-state index in [1.807, 2.05) is 0 Å². The van der Waals surface area contributed by atoms with E-state index >= 15 is 0 Å². The lowest BCUT2D eigenvalue weighted by atomic mass is 9.89. The smallest absolute Gasteiger partial charge is 0.0693 e. The number of aliphatic hydroxyl groups excluding tert-OH is 1. The predicted octanol–water partition coefficient (Wildman–Crippen LogP) is 2.70. The molecule has 0 radical (unpaired) electrons. The Labute approximate surface area is 99.8 Å². The molecule has 0 saturated heterocycles. The third-order valence-electron chi connectivity index (χ3n) is 4.91. The topological polar surface area (TPSA) is 32.3 Å². The van der Waals surface area contributed by atoms with Crippen LogP contribution in [0.2, 0.25) is 0 Å². The monoisotopic (exact) mass is 225 g/mol. The van der Waals surface area contributed by atoms with E-state index in [4.69, 9.17) is 0 Å². The Hall–Kier alpha value is -0.0800. The summed E-state index contributed by atoms with van der Waals surface area (Å²) in [6.45, 7) is 4.69. The van der Waals surface area contributed by atoms with Crippen molar-refractivity contribution in [2.24, 2.45) is 11.8 Å². The fourth-order valence-electron chi connectivity index (χ4n) is 3.64. The molecule has 0 aromatic heterocycles. The number of aliphatic hydroxyl groups is 1. The van der Waals surface area contributed by atoms with Gasteiger partial charge in [-0.25, -0.2) is 0 Å². The molecule has 2 N–H and O–H groups in total. The van der Waals surface area contributed by atoms with E-state index in [0.29, 0.717) is 12.1 Å². The van der Waals surface area contributed by atoms with Crippen LogP contribution in [0.4, 0.5) is 0 Å². The molecule has 2 aliphatic rings. The number of nitrogens with one attached hydrogen (secondary N) is 1. The van der Waals surface area contributed by atoms with Gasteiger partial charge in [0.25, 0.3) is 0 Å². The minimum absolute atomic E-state index is 0.0957. The first kappa shape index (κ1) is 12.4. The summed E-state index contributed by atoms with van der Waals surface area (Å²) in [4.78, 5) is 0. The van der Waals surface area contributed by atoms with Gasteiger partial charge < -0.3 is 10.4 Å². The van der Waals surface area contributed by atoms with E-state index in [0.717, 1.165) is 18.3 Å². The zero-order valence-corrected chi connectivity index (χ0v) is 10.8. The van der Waals surface area contributed by atoms with Crippen molar-refractivity contribution in [1.82, 2.24) is 5.32 Å². The Balaban J connectivity index is 1.85. The minimum atomic E-state index is -0.0957. The lowest BCUT2D eigenvalue weighted by Gasteiger charge is -2.33. The number of hydrogen-bond donors (Lipinski definition) is 2. The summed E-state index contributed by atoms with van der Waals surface area (Å²) in [5, 5.41) is 13.7. The van der Waals surface area contributed by atoms with E-state index in [9.17, 15) is 5.11 Å². The summed E-state index contributed by atoms with van der Waals surface area (Å²) >= 11 is 0. The van der Waals surface area contributed by atoms with E-state index in [1.54, 1.807) is 0 Å². The molecule has 5 atom stereocenters. The third kappa shape index (κ3) is 2.60. The largest absolute Gasteiger partial charge is 0.392 e. The molecule has 2 rings (SSSR count). The summed E-state index contributed by atoms with van der Waals surface area (Å²) < 4.78 is 0. The fourth-order valence-corrected chi connectivity index (χ4v) is 3.64. The van der Waals surface area contributed by atoms with Crippen molar-refractivity contribution in [2.45, 2.75) is 77.0 Å². The highest BCUT2D eigenvalue weighted by Gasteiger charge is 2.34. The molecular formula is C14H27NO. The minimum Gasteiger partial charge on any atom is -0.392 e. The van der Waals surface area contributed by atoms with Crippen molar-refractivity contribution in [3.8, 4) is 0 Å². The molecule has 0 bridgehead atoms. The van der Waals surface area contributed by atoms with Gasteiger partial charge in [-0.1, -0.05) is 33.1 Å². The van der Waals surface area contributed by atoms with Gasteiger partial charge in [0.1, 0.15) is 0 Å². The lowest BCUT2D eigenvalue weighted by Crippen LogP contribution is -2.48. The second-order valence-corrected chi connectivity index (χ2v) is 5.84. The van der Waals surface area contributed by atoms with Gasteiger partial charge >= 0.3 is 0 Å². The number of hydrogen-bond acceptors (Lipinski definition) is 2. The van der Waals surface area contributed by atoms with Crippen LogP contribution in [-0.2, 0) is 0 Å². The fraction of sp³-hybridized carbons (Fsp3) is 1.00. The zero-order valence-electron chi connectivity index (χ0n) is 10.8. The zero-order chi connectivity index (χ0) is 11.5. The van der Waals surface area contributed by atoms with E-state index < -0.39 is 0 Å². The van der Waals surface area contributed by atoms with E-state index in [2.05, 4.69) is 19.2 Å². The molecule has 2 fully saturated rings. The van der Waals surface area contributed by atoms with Crippen LogP contribution >= 0.6 is 0 Å². The summed E-state index contributed by atoms with van der Waals surface area (Å²) in [5.41, 5.74) is 0. The Morgan fingerprint density at radius 1 is 1.06 bits per heavy atom. The van der Waals surface area contributed by atoms with Gasteiger partial charge in [-0.3, -0.25) is 0 Å². The van der Waals surface area contributed by atoms with Crippen LogP contribution < -0.4 is 5.32 Å². The molecule has 2 saturated carbocycles. The Bertz CT molecular complexity index is 219. The quantitative estimate of drug-likeness (QED) is 0.774. The Morgan fingerprint density at radius 2 is 1.81 bits per heavy atom. The highest BCUT2D eigenvalue weighted by atomic mass is 16.3. The maximum atomic E-state index is 9.98. The van der Waals surface area contributed by atoms with Gasteiger partial charge in [0.05, 0.1) is 6.10 Å². The molecule has 0 aromatic carbocycles. The van der Waals surface area contributed by atoms with Gasteiger partial charge in [0, 0.05) is 12.1 Å². The first-order chi connectivity index (χ1) is 7.72. The molecule has 0 spiro atoms. The van der Waals surface area contributed by atoms with Crippen molar-refractivity contribution in [1.29, 1.82) is 0 Å². The highest BCUT2D eigenvalue weighted by molar-refractivity contribution is 4.91. The van der Waals surface area contributed by atoms with Crippen molar-refractivity contribution in [3.05, 3.63) is 0 Å². The molecule has 16 heavy (non-hydrogen) atoms. The molecule has 0 heterocycles. The third-order valence-corrected chi connectivity index (χ3v) is 4.91. The predicted molar refractivity (Wildman–Crippen MR) is 67.4 cm³/mol. The van der Waals surface area contributed by atoms with Crippen molar-refractivity contribution < 1.29 is 5.11 Å². The SMILES string of the molecule is CCC1CCC(N[C@@H]2CCCC[C@H]2O)C1C. The summed E-state index contributed by atoms with van der Waals surface area (Å²) in [5.74, 6) is 1.69. The van der Waals surface area contributed by atoms with Crippen LogP contribution in [0.1, 0.15) is 58.8 Å². The molecule has 0 aliphatic heterocycles. The van der Waals surface area contributed by atoms with Gasteiger partial charge in [-0.2, -0.15) is 0 Å².